The summed E-state index contributed by atoms with van der Waals surface area (Å²) in [5.74, 6) is 1.06. The minimum Gasteiger partial charge on any atom is -0.494 e. The lowest BCUT2D eigenvalue weighted by Crippen LogP contribution is -2.14. The molecule has 0 spiro atoms. The van der Waals surface area contributed by atoms with Crippen molar-refractivity contribution in [1.29, 1.82) is 0 Å². The average molecular weight is 394 g/mol. The van der Waals surface area contributed by atoms with Gasteiger partial charge in [-0.3, -0.25) is 4.79 Å². The normalized spacial score (nSPS) is 10.5. The SMILES string of the molecule is CCOc1ccc(-c2ccc(SCC(=O)Nc3ccc(CC)cc3)nn2)cc1. The van der Waals surface area contributed by atoms with E-state index < -0.39 is 0 Å². The van der Waals surface area contributed by atoms with Gasteiger partial charge in [-0.05, 0) is 67.4 Å². The molecule has 0 unspecified atom stereocenters. The van der Waals surface area contributed by atoms with Crippen LogP contribution in [0.1, 0.15) is 19.4 Å². The van der Waals surface area contributed by atoms with E-state index in [2.05, 4.69) is 22.4 Å². The number of thioether (sulfide) groups is 1. The summed E-state index contributed by atoms with van der Waals surface area (Å²) in [6, 6.07) is 19.4. The van der Waals surface area contributed by atoms with Gasteiger partial charge in [0.15, 0.2) is 0 Å². The summed E-state index contributed by atoms with van der Waals surface area (Å²) in [6.45, 7) is 4.70. The molecule has 5 nitrogen and oxygen atoms in total. The van der Waals surface area contributed by atoms with E-state index in [-0.39, 0.29) is 11.7 Å². The van der Waals surface area contributed by atoms with Gasteiger partial charge in [-0.1, -0.05) is 30.8 Å². The van der Waals surface area contributed by atoms with Gasteiger partial charge in [-0.15, -0.1) is 10.2 Å². The minimum atomic E-state index is -0.0633. The molecule has 0 aliphatic heterocycles. The summed E-state index contributed by atoms with van der Waals surface area (Å²) in [5, 5.41) is 12.1. The number of ether oxygens (including phenoxy) is 1. The highest BCUT2D eigenvalue weighted by molar-refractivity contribution is 7.99. The molecule has 28 heavy (non-hydrogen) atoms. The molecular formula is C22H23N3O2S. The van der Waals surface area contributed by atoms with Crippen molar-refractivity contribution < 1.29 is 9.53 Å². The number of nitrogens with one attached hydrogen (secondary N) is 1. The predicted octanol–water partition coefficient (Wildman–Crippen LogP) is 4.84. The van der Waals surface area contributed by atoms with Gasteiger partial charge in [0, 0.05) is 11.3 Å². The Morgan fingerprint density at radius 2 is 1.71 bits per heavy atom. The number of aryl methyl sites for hydroxylation is 1. The Balaban J connectivity index is 1.52. The van der Waals surface area contributed by atoms with Crippen LogP contribution in [0.2, 0.25) is 0 Å². The standard InChI is InChI=1S/C22H23N3O2S/c1-3-16-5-9-18(10-6-16)23-21(26)15-28-22-14-13-20(24-25-22)17-7-11-19(12-8-17)27-4-2/h5-14H,3-4,15H2,1-2H3,(H,23,26). The van der Waals surface area contributed by atoms with E-state index in [0.717, 1.165) is 29.1 Å². The molecule has 0 radical (unpaired) electrons. The Hall–Kier alpha value is -2.86. The highest BCUT2D eigenvalue weighted by Gasteiger charge is 2.07. The molecule has 0 bridgehead atoms. The van der Waals surface area contributed by atoms with E-state index in [1.165, 1.54) is 17.3 Å². The molecule has 1 N–H and O–H groups in total. The number of aromatic nitrogens is 2. The Morgan fingerprint density at radius 1 is 0.964 bits per heavy atom. The van der Waals surface area contributed by atoms with Crippen LogP contribution in [0.5, 0.6) is 5.75 Å². The van der Waals surface area contributed by atoms with Crippen LogP contribution in [0, 0.1) is 0 Å². The van der Waals surface area contributed by atoms with Crippen molar-refractivity contribution >= 4 is 23.4 Å². The molecule has 0 saturated carbocycles. The van der Waals surface area contributed by atoms with E-state index in [4.69, 9.17) is 4.74 Å². The van der Waals surface area contributed by atoms with Crippen LogP contribution in [0.25, 0.3) is 11.3 Å². The van der Waals surface area contributed by atoms with Crippen molar-refractivity contribution in [2.24, 2.45) is 0 Å². The number of nitrogens with zero attached hydrogens (tertiary/aromatic N) is 2. The second kappa shape index (κ2) is 9.90. The number of benzene rings is 2. The number of hydrogen-bond acceptors (Lipinski definition) is 5. The van der Waals surface area contributed by atoms with Crippen LogP contribution >= 0.6 is 11.8 Å². The number of amides is 1. The largest absolute Gasteiger partial charge is 0.494 e. The first-order chi connectivity index (χ1) is 13.7. The van der Waals surface area contributed by atoms with E-state index in [0.29, 0.717) is 11.6 Å². The van der Waals surface area contributed by atoms with Crippen LogP contribution in [0.15, 0.2) is 65.7 Å². The lowest BCUT2D eigenvalue weighted by molar-refractivity contribution is -0.113. The van der Waals surface area contributed by atoms with Crippen LogP contribution in [0.3, 0.4) is 0 Å². The second-order valence-electron chi connectivity index (χ2n) is 6.10. The maximum atomic E-state index is 12.1. The van der Waals surface area contributed by atoms with Gasteiger partial charge in [0.25, 0.3) is 0 Å². The molecule has 0 aliphatic rings. The third-order valence-corrected chi connectivity index (χ3v) is 5.02. The number of anilines is 1. The first kappa shape index (κ1) is 19.9. The zero-order valence-electron chi connectivity index (χ0n) is 16.0. The molecule has 1 heterocycles. The van der Waals surface area contributed by atoms with Crippen molar-refractivity contribution in [1.82, 2.24) is 10.2 Å². The van der Waals surface area contributed by atoms with E-state index in [1.54, 1.807) is 0 Å². The molecular weight excluding hydrogens is 370 g/mol. The Labute approximate surface area is 169 Å². The topological polar surface area (TPSA) is 64.1 Å². The van der Waals surface area contributed by atoms with Crippen LogP contribution < -0.4 is 10.1 Å². The van der Waals surface area contributed by atoms with Crippen LogP contribution in [0.4, 0.5) is 5.69 Å². The highest BCUT2D eigenvalue weighted by atomic mass is 32.2. The summed E-state index contributed by atoms with van der Waals surface area (Å²) >= 11 is 1.36. The summed E-state index contributed by atoms with van der Waals surface area (Å²) < 4.78 is 5.45. The lowest BCUT2D eigenvalue weighted by Gasteiger charge is -2.06. The highest BCUT2D eigenvalue weighted by Crippen LogP contribution is 2.22. The Kier molecular flexibility index (Phi) is 7.03. The molecule has 3 rings (SSSR count). The number of hydrogen-bond donors (Lipinski definition) is 1. The van der Waals surface area contributed by atoms with Gasteiger partial charge >= 0.3 is 0 Å². The van der Waals surface area contributed by atoms with Gasteiger partial charge in [0.1, 0.15) is 10.8 Å². The molecule has 0 aliphatic carbocycles. The number of carbonyl (C=O) groups excluding carboxylic acids is 1. The van der Waals surface area contributed by atoms with Gasteiger partial charge in [-0.2, -0.15) is 0 Å². The van der Waals surface area contributed by atoms with E-state index >= 15 is 0 Å². The van der Waals surface area contributed by atoms with Crippen LogP contribution in [-0.2, 0) is 11.2 Å². The average Bonchev–Trinajstić information content (AvgIpc) is 2.74. The molecule has 0 saturated heterocycles. The summed E-state index contributed by atoms with van der Waals surface area (Å²) in [7, 11) is 0. The Morgan fingerprint density at radius 3 is 2.32 bits per heavy atom. The Bertz CT molecular complexity index is 895. The van der Waals surface area contributed by atoms with Gasteiger partial charge in [0.05, 0.1) is 18.1 Å². The lowest BCUT2D eigenvalue weighted by atomic mass is 10.1. The molecule has 0 atom stereocenters. The zero-order valence-corrected chi connectivity index (χ0v) is 16.8. The molecule has 1 amide bonds. The molecule has 1 aromatic heterocycles. The molecule has 0 fully saturated rings. The minimum absolute atomic E-state index is 0.0633. The van der Waals surface area contributed by atoms with Gasteiger partial charge in [-0.25, -0.2) is 0 Å². The number of carbonyl (C=O) groups is 1. The van der Waals surface area contributed by atoms with Gasteiger partial charge in [0.2, 0.25) is 5.91 Å². The third-order valence-electron chi connectivity index (χ3n) is 4.10. The van der Waals surface area contributed by atoms with E-state index in [1.807, 2.05) is 67.6 Å². The molecule has 3 aromatic rings. The fourth-order valence-corrected chi connectivity index (χ4v) is 3.21. The third kappa shape index (κ3) is 5.57. The summed E-state index contributed by atoms with van der Waals surface area (Å²) in [6.07, 6.45) is 0.982. The number of rotatable bonds is 8. The first-order valence-electron chi connectivity index (χ1n) is 9.26. The molecule has 144 valence electrons. The van der Waals surface area contributed by atoms with Crippen molar-refractivity contribution in [2.45, 2.75) is 25.3 Å². The fraction of sp³-hybridized carbons (Fsp3) is 0.227. The second-order valence-corrected chi connectivity index (χ2v) is 7.10. The molecule has 6 heteroatoms. The molecule has 2 aromatic carbocycles. The smallest absolute Gasteiger partial charge is 0.234 e. The van der Waals surface area contributed by atoms with Crippen LogP contribution in [-0.4, -0.2) is 28.5 Å². The zero-order chi connectivity index (χ0) is 19.8. The quantitative estimate of drug-likeness (QED) is 0.555. The monoisotopic (exact) mass is 393 g/mol. The summed E-state index contributed by atoms with van der Waals surface area (Å²) in [4.78, 5) is 12.1. The van der Waals surface area contributed by atoms with Crippen molar-refractivity contribution in [3.8, 4) is 17.0 Å². The summed E-state index contributed by atoms with van der Waals surface area (Å²) in [5.41, 5.74) is 3.81. The predicted molar refractivity (Wildman–Crippen MR) is 114 cm³/mol. The maximum Gasteiger partial charge on any atom is 0.234 e. The van der Waals surface area contributed by atoms with Crippen molar-refractivity contribution in [3.63, 3.8) is 0 Å². The van der Waals surface area contributed by atoms with E-state index in [9.17, 15) is 4.79 Å². The fourth-order valence-electron chi connectivity index (χ4n) is 2.60. The van der Waals surface area contributed by atoms with Crippen molar-refractivity contribution in [2.75, 3.05) is 17.7 Å². The maximum absolute atomic E-state index is 12.1. The van der Waals surface area contributed by atoms with Gasteiger partial charge < -0.3 is 10.1 Å². The first-order valence-corrected chi connectivity index (χ1v) is 10.2. The van der Waals surface area contributed by atoms with Crippen molar-refractivity contribution in [3.05, 3.63) is 66.2 Å².